The monoisotopic (exact) mass is 287 g/mol. The molecule has 1 aromatic rings. The van der Waals surface area contributed by atoms with Crippen LogP contribution in [-0.2, 0) is 6.18 Å². The summed E-state index contributed by atoms with van der Waals surface area (Å²) in [6.45, 7) is 5.01. The van der Waals surface area contributed by atoms with Crippen molar-refractivity contribution in [2.45, 2.75) is 51.7 Å². The van der Waals surface area contributed by atoms with E-state index in [0.717, 1.165) is 38.3 Å². The molecule has 0 spiro atoms. The maximum absolute atomic E-state index is 12.7. The van der Waals surface area contributed by atoms with Gasteiger partial charge in [-0.1, -0.05) is 20.3 Å². The first kappa shape index (κ1) is 15.1. The molecule has 1 aliphatic heterocycles. The number of rotatable bonds is 4. The smallest absolute Gasteiger partial charge is 0.338 e. The zero-order valence-corrected chi connectivity index (χ0v) is 11.8. The molecule has 1 aromatic heterocycles. The van der Waals surface area contributed by atoms with E-state index in [2.05, 4.69) is 23.8 Å². The second-order valence-corrected chi connectivity index (χ2v) is 5.41. The standard InChI is InChI=1S/C14H20F3N3/c1-3-5-10(2)11-6-4-9-20(11)13-18-8-7-12(19-13)14(15,16)17/h7-8,10-11H,3-6,9H2,1-2H3. The van der Waals surface area contributed by atoms with E-state index in [1.54, 1.807) is 0 Å². The molecular weight excluding hydrogens is 267 g/mol. The lowest BCUT2D eigenvalue weighted by Crippen LogP contribution is -2.36. The molecule has 0 aromatic carbocycles. The van der Waals surface area contributed by atoms with Crippen LogP contribution in [0.15, 0.2) is 12.3 Å². The molecule has 1 saturated heterocycles. The van der Waals surface area contributed by atoms with Crippen molar-refractivity contribution in [2.24, 2.45) is 5.92 Å². The summed E-state index contributed by atoms with van der Waals surface area (Å²) < 4.78 is 38.2. The molecule has 20 heavy (non-hydrogen) atoms. The first-order valence-electron chi connectivity index (χ1n) is 7.10. The molecule has 0 bridgehead atoms. The molecule has 3 nitrogen and oxygen atoms in total. The fourth-order valence-electron chi connectivity index (χ4n) is 2.92. The van der Waals surface area contributed by atoms with E-state index in [-0.39, 0.29) is 12.0 Å². The van der Waals surface area contributed by atoms with Crippen LogP contribution in [-0.4, -0.2) is 22.6 Å². The van der Waals surface area contributed by atoms with Crippen molar-refractivity contribution in [1.82, 2.24) is 9.97 Å². The van der Waals surface area contributed by atoms with Gasteiger partial charge < -0.3 is 4.90 Å². The number of alkyl halides is 3. The van der Waals surface area contributed by atoms with Crippen LogP contribution < -0.4 is 4.90 Å². The first-order valence-corrected chi connectivity index (χ1v) is 7.10. The molecule has 0 saturated carbocycles. The zero-order chi connectivity index (χ0) is 14.8. The Kier molecular flexibility index (Phi) is 4.50. The van der Waals surface area contributed by atoms with Crippen molar-refractivity contribution in [3.63, 3.8) is 0 Å². The summed E-state index contributed by atoms with van der Waals surface area (Å²) in [5, 5.41) is 0. The van der Waals surface area contributed by atoms with E-state index in [0.29, 0.717) is 5.92 Å². The number of hydrogen-bond donors (Lipinski definition) is 0. The van der Waals surface area contributed by atoms with E-state index in [1.165, 1.54) is 6.20 Å². The third-order valence-corrected chi connectivity index (χ3v) is 3.89. The van der Waals surface area contributed by atoms with Crippen molar-refractivity contribution < 1.29 is 13.2 Å². The second-order valence-electron chi connectivity index (χ2n) is 5.41. The molecule has 2 heterocycles. The molecule has 112 valence electrons. The Bertz CT molecular complexity index is 448. The van der Waals surface area contributed by atoms with Crippen molar-refractivity contribution in [3.05, 3.63) is 18.0 Å². The topological polar surface area (TPSA) is 29.0 Å². The Morgan fingerprint density at radius 1 is 1.45 bits per heavy atom. The van der Waals surface area contributed by atoms with Crippen molar-refractivity contribution in [1.29, 1.82) is 0 Å². The van der Waals surface area contributed by atoms with E-state index >= 15 is 0 Å². The third-order valence-electron chi connectivity index (χ3n) is 3.89. The predicted octanol–water partition coefficient (Wildman–Crippen LogP) is 3.90. The molecule has 0 amide bonds. The highest BCUT2D eigenvalue weighted by Crippen LogP contribution is 2.32. The van der Waals surface area contributed by atoms with Crippen LogP contribution in [0, 0.1) is 5.92 Å². The number of halogens is 3. The summed E-state index contributed by atoms with van der Waals surface area (Å²) in [5.74, 6) is 0.658. The molecule has 1 fully saturated rings. The van der Waals surface area contributed by atoms with E-state index in [9.17, 15) is 13.2 Å². The van der Waals surface area contributed by atoms with Gasteiger partial charge in [0.25, 0.3) is 0 Å². The third kappa shape index (κ3) is 3.22. The molecule has 2 rings (SSSR count). The van der Waals surface area contributed by atoms with Gasteiger partial charge in [-0.2, -0.15) is 13.2 Å². The van der Waals surface area contributed by atoms with Crippen LogP contribution >= 0.6 is 0 Å². The first-order chi connectivity index (χ1) is 9.43. The summed E-state index contributed by atoms with van der Waals surface area (Å²) in [6, 6.07) is 1.17. The number of hydrogen-bond acceptors (Lipinski definition) is 3. The lowest BCUT2D eigenvalue weighted by atomic mass is 9.95. The van der Waals surface area contributed by atoms with Gasteiger partial charge in [0.2, 0.25) is 5.95 Å². The Balaban J connectivity index is 2.22. The highest BCUT2D eigenvalue weighted by molar-refractivity contribution is 5.34. The van der Waals surface area contributed by atoms with Gasteiger partial charge in [-0.15, -0.1) is 0 Å². The van der Waals surface area contributed by atoms with E-state index in [4.69, 9.17) is 0 Å². The van der Waals surface area contributed by atoms with Gasteiger partial charge in [0.15, 0.2) is 0 Å². The molecular formula is C14H20F3N3. The number of aromatic nitrogens is 2. The van der Waals surface area contributed by atoms with Crippen LogP contribution in [0.1, 0.15) is 45.2 Å². The molecule has 0 aliphatic carbocycles. The molecule has 6 heteroatoms. The van der Waals surface area contributed by atoms with E-state index < -0.39 is 11.9 Å². The van der Waals surface area contributed by atoms with Gasteiger partial charge in [0.05, 0.1) is 0 Å². The molecule has 0 radical (unpaired) electrons. The fourth-order valence-corrected chi connectivity index (χ4v) is 2.92. The van der Waals surface area contributed by atoms with Crippen molar-refractivity contribution >= 4 is 5.95 Å². The molecule has 1 aliphatic rings. The highest BCUT2D eigenvalue weighted by atomic mass is 19.4. The Morgan fingerprint density at radius 2 is 2.20 bits per heavy atom. The largest absolute Gasteiger partial charge is 0.433 e. The minimum absolute atomic E-state index is 0.213. The number of anilines is 1. The van der Waals surface area contributed by atoms with Crippen LogP contribution in [0.2, 0.25) is 0 Å². The zero-order valence-electron chi connectivity index (χ0n) is 11.8. The van der Waals surface area contributed by atoms with Crippen LogP contribution in [0.25, 0.3) is 0 Å². The van der Waals surface area contributed by atoms with Gasteiger partial charge in [0, 0.05) is 18.8 Å². The van der Waals surface area contributed by atoms with Gasteiger partial charge in [-0.25, -0.2) is 9.97 Å². The maximum Gasteiger partial charge on any atom is 0.433 e. The summed E-state index contributed by atoms with van der Waals surface area (Å²) in [4.78, 5) is 9.69. The maximum atomic E-state index is 12.7. The lowest BCUT2D eigenvalue weighted by Gasteiger charge is -2.29. The second kappa shape index (κ2) is 5.97. The van der Waals surface area contributed by atoms with Crippen LogP contribution in [0.5, 0.6) is 0 Å². The van der Waals surface area contributed by atoms with Gasteiger partial charge >= 0.3 is 6.18 Å². The quantitative estimate of drug-likeness (QED) is 0.841. The Hall–Kier alpha value is -1.33. The SMILES string of the molecule is CCCC(C)C1CCCN1c1nccc(C(F)(F)F)n1. The normalized spacial score (nSPS) is 21.2. The fraction of sp³-hybridized carbons (Fsp3) is 0.714. The van der Waals surface area contributed by atoms with Crippen LogP contribution in [0.4, 0.5) is 19.1 Å². The molecule has 2 unspecified atom stereocenters. The number of nitrogens with zero attached hydrogens (tertiary/aromatic N) is 3. The Labute approximate surface area is 117 Å². The predicted molar refractivity (Wildman–Crippen MR) is 71.5 cm³/mol. The lowest BCUT2D eigenvalue weighted by molar-refractivity contribution is -0.141. The molecule has 2 atom stereocenters. The Morgan fingerprint density at radius 3 is 2.85 bits per heavy atom. The summed E-state index contributed by atoms with van der Waals surface area (Å²) in [6.07, 6.45) is 0.918. The molecule has 0 N–H and O–H groups in total. The van der Waals surface area contributed by atoms with Crippen LogP contribution in [0.3, 0.4) is 0 Å². The van der Waals surface area contributed by atoms with Crippen molar-refractivity contribution in [3.8, 4) is 0 Å². The summed E-state index contributed by atoms with van der Waals surface area (Å²) in [7, 11) is 0. The van der Waals surface area contributed by atoms with Gasteiger partial charge in [-0.3, -0.25) is 0 Å². The van der Waals surface area contributed by atoms with Crippen molar-refractivity contribution in [2.75, 3.05) is 11.4 Å². The highest BCUT2D eigenvalue weighted by Gasteiger charge is 2.35. The van der Waals surface area contributed by atoms with E-state index in [1.807, 2.05) is 4.90 Å². The average molecular weight is 287 g/mol. The minimum Gasteiger partial charge on any atom is -0.338 e. The van der Waals surface area contributed by atoms with Gasteiger partial charge in [0.1, 0.15) is 5.69 Å². The van der Waals surface area contributed by atoms with Gasteiger partial charge in [-0.05, 0) is 31.2 Å². The summed E-state index contributed by atoms with van der Waals surface area (Å²) >= 11 is 0. The minimum atomic E-state index is -4.41. The average Bonchev–Trinajstić information content (AvgIpc) is 2.87. The summed E-state index contributed by atoms with van der Waals surface area (Å²) in [5.41, 5.74) is -0.865.